The average Bonchev–Trinajstić information content (AvgIpc) is 2.27. The van der Waals surface area contributed by atoms with E-state index in [0.29, 0.717) is 16.8 Å². The third kappa shape index (κ3) is 5.16. The van der Waals surface area contributed by atoms with Crippen LogP contribution in [0.4, 0.5) is 5.69 Å². The summed E-state index contributed by atoms with van der Waals surface area (Å²) in [5, 5.41) is 2.70. The van der Waals surface area contributed by atoms with Gasteiger partial charge in [0.1, 0.15) is 5.75 Å². The number of carbonyl (C=O) groups excluding carboxylic acids is 1. The van der Waals surface area contributed by atoms with E-state index < -0.39 is 7.82 Å². The van der Waals surface area contributed by atoms with Gasteiger partial charge in [-0.15, -0.1) is 0 Å². The average molecular weight is 315 g/mol. The summed E-state index contributed by atoms with van der Waals surface area (Å²) in [6.45, 7) is 8.98. The Labute approximate surface area is 124 Å². The lowest BCUT2D eigenvalue weighted by molar-refractivity contribution is -0.114. The van der Waals surface area contributed by atoms with Crippen LogP contribution in [0.2, 0.25) is 0 Å². The van der Waals surface area contributed by atoms with E-state index >= 15 is 0 Å². The first kappa shape index (κ1) is 17.7. The van der Waals surface area contributed by atoms with Gasteiger partial charge >= 0.3 is 7.82 Å². The highest BCUT2D eigenvalue weighted by Gasteiger charge is 2.24. The smallest absolute Gasteiger partial charge is 0.404 e. The van der Waals surface area contributed by atoms with Gasteiger partial charge in [0.25, 0.3) is 0 Å². The summed E-state index contributed by atoms with van der Waals surface area (Å²) in [6.07, 6.45) is 0. The van der Waals surface area contributed by atoms with E-state index in [4.69, 9.17) is 14.3 Å². The molecule has 0 aliphatic rings. The van der Waals surface area contributed by atoms with Crippen LogP contribution in [0.25, 0.3) is 0 Å². The molecule has 0 aliphatic carbocycles. The van der Waals surface area contributed by atoms with E-state index in [1.807, 2.05) is 27.7 Å². The highest BCUT2D eigenvalue weighted by molar-refractivity contribution is 7.46. The maximum absolute atomic E-state index is 11.2. The van der Waals surface area contributed by atoms with Crippen LogP contribution in [0, 0.1) is 0 Å². The predicted molar refractivity (Wildman–Crippen MR) is 81.6 cm³/mol. The van der Waals surface area contributed by atoms with Crippen LogP contribution in [-0.4, -0.2) is 15.7 Å². The van der Waals surface area contributed by atoms with Gasteiger partial charge in [-0.2, -0.15) is 0 Å². The molecule has 6 nitrogen and oxygen atoms in total. The van der Waals surface area contributed by atoms with Crippen molar-refractivity contribution in [2.24, 2.45) is 0 Å². The van der Waals surface area contributed by atoms with Gasteiger partial charge < -0.3 is 9.84 Å². The van der Waals surface area contributed by atoms with E-state index in [1.165, 1.54) is 6.92 Å². The number of amides is 1. The molecule has 1 rings (SSSR count). The Morgan fingerprint density at radius 3 is 1.86 bits per heavy atom. The Kier molecular flexibility index (Phi) is 5.56. The van der Waals surface area contributed by atoms with Crippen molar-refractivity contribution in [1.29, 1.82) is 0 Å². The van der Waals surface area contributed by atoms with Crippen molar-refractivity contribution >= 4 is 19.4 Å². The molecular formula is C14H22NO5P. The van der Waals surface area contributed by atoms with Crippen LogP contribution in [0.1, 0.15) is 57.6 Å². The summed E-state index contributed by atoms with van der Waals surface area (Å²) in [4.78, 5) is 29.5. The molecule has 1 aromatic rings. The first-order valence-corrected chi connectivity index (χ1v) is 8.25. The van der Waals surface area contributed by atoms with Crippen molar-refractivity contribution < 1.29 is 23.7 Å². The van der Waals surface area contributed by atoms with Crippen LogP contribution < -0.4 is 9.84 Å². The maximum Gasteiger partial charge on any atom is 0.524 e. The standard InChI is InChI=1S/C14H22NO5P/c1-8(2)12-6-11(15-10(5)16)7-13(9(3)4)14(12)20-21(17,18)19/h6-9H,1-5H3,(H,15,16)(H2,17,18,19). The Morgan fingerprint density at radius 2 is 1.57 bits per heavy atom. The van der Waals surface area contributed by atoms with E-state index in [2.05, 4.69) is 5.32 Å². The van der Waals surface area contributed by atoms with Crippen molar-refractivity contribution in [3.05, 3.63) is 23.3 Å². The van der Waals surface area contributed by atoms with Gasteiger partial charge in [-0.1, -0.05) is 27.7 Å². The molecule has 21 heavy (non-hydrogen) atoms. The Hall–Kier alpha value is -1.36. The summed E-state index contributed by atoms with van der Waals surface area (Å²) in [6, 6.07) is 3.37. The number of phosphoric ester groups is 1. The maximum atomic E-state index is 11.2. The van der Waals surface area contributed by atoms with Gasteiger partial charge in [0.05, 0.1) is 0 Å². The second kappa shape index (κ2) is 6.60. The number of hydrogen-bond donors (Lipinski definition) is 3. The number of carbonyl (C=O) groups is 1. The molecule has 0 fully saturated rings. The van der Waals surface area contributed by atoms with Crippen LogP contribution in [0.3, 0.4) is 0 Å². The molecule has 1 aromatic carbocycles. The van der Waals surface area contributed by atoms with Crippen molar-refractivity contribution in [2.75, 3.05) is 5.32 Å². The molecule has 0 spiro atoms. The lowest BCUT2D eigenvalue weighted by atomic mass is 9.93. The van der Waals surface area contributed by atoms with E-state index in [-0.39, 0.29) is 23.5 Å². The molecule has 118 valence electrons. The molecule has 1 amide bonds. The fourth-order valence-electron chi connectivity index (χ4n) is 2.03. The summed E-state index contributed by atoms with van der Waals surface area (Å²) in [7, 11) is -4.65. The fraction of sp³-hybridized carbons (Fsp3) is 0.500. The second-order valence-electron chi connectivity index (χ2n) is 5.56. The van der Waals surface area contributed by atoms with Crippen molar-refractivity contribution in [3.63, 3.8) is 0 Å². The van der Waals surface area contributed by atoms with Gasteiger partial charge in [0, 0.05) is 12.6 Å². The fourth-order valence-corrected chi connectivity index (χ4v) is 2.48. The van der Waals surface area contributed by atoms with E-state index in [0.717, 1.165) is 0 Å². The molecule has 0 saturated heterocycles. The minimum atomic E-state index is -4.65. The summed E-state index contributed by atoms with van der Waals surface area (Å²) < 4.78 is 16.1. The van der Waals surface area contributed by atoms with Gasteiger partial charge in [-0.05, 0) is 35.1 Å². The van der Waals surface area contributed by atoms with Crippen molar-refractivity contribution in [1.82, 2.24) is 0 Å². The number of anilines is 1. The number of benzene rings is 1. The summed E-state index contributed by atoms with van der Waals surface area (Å²) in [5.41, 5.74) is 1.88. The highest BCUT2D eigenvalue weighted by Crippen LogP contribution is 2.45. The minimum absolute atomic E-state index is 0.0160. The molecule has 0 aliphatic heterocycles. The molecule has 0 saturated carbocycles. The molecule has 0 heterocycles. The SMILES string of the molecule is CC(=O)Nc1cc(C(C)C)c(OP(=O)(O)O)c(C(C)C)c1. The quantitative estimate of drug-likeness (QED) is 0.724. The van der Waals surface area contributed by atoms with Crippen molar-refractivity contribution in [2.45, 2.75) is 46.5 Å². The molecule has 0 unspecified atom stereocenters. The normalized spacial score (nSPS) is 11.9. The lowest BCUT2D eigenvalue weighted by Gasteiger charge is -2.21. The summed E-state index contributed by atoms with van der Waals surface area (Å²) >= 11 is 0. The number of rotatable bonds is 5. The zero-order valence-electron chi connectivity index (χ0n) is 12.9. The summed E-state index contributed by atoms with van der Waals surface area (Å²) in [5.74, 6) is -0.0407. The number of nitrogens with one attached hydrogen (secondary N) is 1. The molecule has 3 N–H and O–H groups in total. The second-order valence-corrected chi connectivity index (χ2v) is 6.72. The molecule has 0 radical (unpaired) electrons. The largest absolute Gasteiger partial charge is 0.524 e. The third-order valence-electron chi connectivity index (χ3n) is 2.92. The minimum Gasteiger partial charge on any atom is -0.404 e. The Balaban J connectivity index is 3.50. The van der Waals surface area contributed by atoms with Crippen molar-refractivity contribution in [3.8, 4) is 5.75 Å². The van der Waals surface area contributed by atoms with Crippen LogP contribution in [-0.2, 0) is 9.36 Å². The van der Waals surface area contributed by atoms with Gasteiger partial charge in [0.15, 0.2) is 0 Å². The number of hydrogen-bond acceptors (Lipinski definition) is 3. The first-order chi connectivity index (χ1) is 9.51. The molecule has 0 atom stereocenters. The van der Waals surface area contributed by atoms with Gasteiger partial charge in [-0.25, -0.2) is 4.57 Å². The lowest BCUT2D eigenvalue weighted by Crippen LogP contribution is -2.09. The Morgan fingerprint density at radius 1 is 1.14 bits per heavy atom. The highest BCUT2D eigenvalue weighted by atomic mass is 31.2. The van der Waals surface area contributed by atoms with Crippen LogP contribution in [0.5, 0.6) is 5.75 Å². The first-order valence-electron chi connectivity index (χ1n) is 6.71. The van der Waals surface area contributed by atoms with Crippen LogP contribution >= 0.6 is 7.82 Å². The topological polar surface area (TPSA) is 95.9 Å². The zero-order chi connectivity index (χ0) is 16.4. The zero-order valence-corrected chi connectivity index (χ0v) is 13.8. The van der Waals surface area contributed by atoms with Gasteiger partial charge in [0.2, 0.25) is 5.91 Å². The molecule has 0 bridgehead atoms. The monoisotopic (exact) mass is 315 g/mol. The molecule has 0 aromatic heterocycles. The Bertz CT molecular complexity index is 548. The number of phosphoric acid groups is 1. The predicted octanol–water partition coefficient (Wildman–Crippen LogP) is 3.36. The van der Waals surface area contributed by atoms with Crippen LogP contribution in [0.15, 0.2) is 12.1 Å². The van der Waals surface area contributed by atoms with Gasteiger partial charge in [-0.3, -0.25) is 14.6 Å². The molecular weight excluding hydrogens is 293 g/mol. The molecule has 7 heteroatoms. The van der Waals surface area contributed by atoms with E-state index in [1.54, 1.807) is 12.1 Å². The third-order valence-corrected chi connectivity index (χ3v) is 3.34. The van der Waals surface area contributed by atoms with E-state index in [9.17, 15) is 9.36 Å².